The van der Waals surface area contributed by atoms with Crippen LogP contribution in [0.3, 0.4) is 0 Å². The number of nitrogens with one attached hydrogen (secondary N) is 1. The quantitative estimate of drug-likeness (QED) is 0.519. The molecule has 7 heteroatoms. The van der Waals surface area contributed by atoms with Crippen LogP contribution >= 0.6 is 0 Å². The Labute approximate surface area is 178 Å². The summed E-state index contributed by atoms with van der Waals surface area (Å²) >= 11 is 0. The molecule has 1 aliphatic rings. The number of anilines is 2. The lowest BCUT2D eigenvalue weighted by atomic mass is 9.94. The van der Waals surface area contributed by atoms with Crippen LogP contribution in [0.1, 0.15) is 59.7 Å². The van der Waals surface area contributed by atoms with Crippen molar-refractivity contribution in [2.45, 2.75) is 39.0 Å². The Hall–Kier alpha value is -2.96. The predicted octanol–water partition coefficient (Wildman–Crippen LogP) is 3.06. The van der Waals surface area contributed by atoms with E-state index in [1.54, 1.807) is 12.1 Å². The molecule has 0 saturated carbocycles. The minimum absolute atomic E-state index is 0.0644. The van der Waals surface area contributed by atoms with E-state index in [4.69, 9.17) is 4.74 Å². The molecule has 0 atom stereocenters. The molecule has 0 radical (unpaired) electrons. The number of rotatable bonds is 8. The third-order valence-corrected chi connectivity index (χ3v) is 5.34. The number of hydrogen-bond acceptors (Lipinski definition) is 4. The lowest BCUT2D eigenvalue weighted by molar-refractivity contribution is 0.0698. The molecule has 1 aliphatic heterocycles. The van der Waals surface area contributed by atoms with Crippen LogP contribution in [0.15, 0.2) is 36.4 Å². The number of carbonyl (C=O) groups excluding carboxylic acids is 1. The Morgan fingerprint density at radius 2 is 1.87 bits per heavy atom. The van der Waals surface area contributed by atoms with Gasteiger partial charge in [-0.15, -0.1) is 0 Å². The van der Waals surface area contributed by atoms with Crippen LogP contribution in [-0.2, 0) is 0 Å². The van der Waals surface area contributed by atoms with E-state index in [9.17, 15) is 14.7 Å². The fourth-order valence-corrected chi connectivity index (χ4v) is 3.63. The maximum absolute atomic E-state index is 13.2. The first-order chi connectivity index (χ1) is 14.5. The van der Waals surface area contributed by atoms with Crippen LogP contribution in [0.5, 0.6) is 5.75 Å². The van der Waals surface area contributed by atoms with Crippen molar-refractivity contribution in [3.8, 4) is 5.75 Å². The molecule has 3 rings (SSSR count). The van der Waals surface area contributed by atoms with E-state index >= 15 is 0 Å². The van der Waals surface area contributed by atoms with Crippen LogP contribution in [0.4, 0.5) is 11.4 Å². The second-order valence-corrected chi connectivity index (χ2v) is 7.74. The third kappa shape index (κ3) is 5.35. The van der Waals surface area contributed by atoms with E-state index in [1.807, 2.05) is 26.0 Å². The summed E-state index contributed by atoms with van der Waals surface area (Å²) in [6.07, 6.45) is 5.41. The summed E-state index contributed by atoms with van der Waals surface area (Å²) in [7, 11) is 1.86. The number of unbranched alkanes of at least 4 members (excludes halogenated alkanes) is 1. The molecular formula is C23H29BN2O4. The molecule has 0 unspecified atom stereocenters. The normalized spacial score (nSPS) is 13.7. The molecule has 158 valence electrons. The zero-order valence-corrected chi connectivity index (χ0v) is 17.7. The van der Waals surface area contributed by atoms with Crippen molar-refractivity contribution < 1.29 is 19.4 Å². The van der Waals surface area contributed by atoms with Crippen LogP contribution < -0.4 is 20.4 Å². The summed E-state index contributed by atoms with van der Waals surface area (Å²) in [4.78, 5) is 27.0. The maximum atomic E-state index is 13.2. The molecule has 0 aromatic heterocycles. The van der Waals surface area contributed by atoms with Gasteiger partial charge in [-0.25, -0.2) is 4.79 Å². The number of nitrogens with zero attached hydrogens (tertiary/aromatic N) is 1. The lowest BCUT2D eigenvalue weighted by Gasteiger charge is -2.29. The highest BCUT2D eigenvalue weighted by molar-refractivity contribution is 6.33. The highest BCUT2D eigenvalue weighted by atomic mass is 16.5. The van der Waals surface area contributed by atoms with Gasteiger partial charge in [-0.05, 0) is 56.0 Å². The lowest BCUT2D eigenvalue weighted by Crippen LogP contribution is -2.29. The van der Waals surface area contributed by atoms with E-state index in [-0.39, 0.29) is 17.2 Å². The largest absolute Gasteiger partial charge is 0.493 e. The van der Waals surface area contributed by atoms with Crippen molar-refractivity contribution in [2.75, 3.05) is 29.9 Å². The number of carboxylic acids is 1. The van der Waals surface area contributed by atoms with E-state index in [2.05, 4.69) is 17.1 Å². The van der Waals surface area contributed by atoms with Crippen molar-refractivity contribution >= 4 is 36.6 Å². The number of aromatic carboxylic acids is 1. The number of carboxylic acid groups (broad SMARTS) is 1. The van der Waals surface area contributed by atoms with E-state index in [0.29, 0.717) is 17.9 Å². The van der Waals surface area contributed by atoms with E-state index in [1.165, 1.54) is 12.5 Å². The molecule has 0 bridgehead atoms. The van der Waals surface area contributed by atoms with Gasteiger partial charge in [-0.2, -0.15) is 0 Å². The summed E-state index contributed by atoms with van der Waals surface area (Å²) in [6, 6.07) is 10.6. The number of hydrogen-bond donors (Lipinski definition) is 2. The summed E-state index contributed by atoms with van der Waals surface area (Å²) in [6.45, 7) is 4.56. The molecule has 1 saturated heterocycles. The molecular weight excluding hydrogens is 379 g/mol. The Kier molecular flexibility index (Phi) is 7.38. The average Bonchev–Trinajstić information content (AvgIpc) is 2.74. The zero-order chi connectivity index (χ0) is 21.5. The fourth-order valence-electron chi connectivity index (χ4n) is 3.63. The van der Waals surface area contributed by atoms with Gasteiger partial charge >= 0.3 is 5.97 Å². The third-order valence-electron chi connectivity index (χ3n) is 5.34. The van der Waals surface area contributed by atoms with Crippen molar-refractivity contribution in [2.24, 2.45) is 0 Å². The second kappa shape index (κ2) is 10.2. The topological polar surface area (TPSA) is 78.9 Å². The highest BCUT2D eigenvalue weighted by Crippen LogP contribution is 2.28. The summed E-state index contributed by atoms with van der Waals surface area (Å²) in [5, 5.41) is 12.3. The van der Waals surface area contributed by atoms with Gasteiger partial charge in [0.2, 0.25) is 0 Å². The van der Waals surface area contributed by atoms with Gasteiger partial charge in [0.05, 0.1) is 23.4 Å². The summed E-state index contributed by atoms with van der Waals surface area (Å²) in [5.41, 5.74) is 2.64. The van der Waals surface area contributed by atoms with Gasteiger partial charge in [0, 0.05) is 18.8 Å². The van der Waals surface area contributed by atoms with Crippen LogP contribution in [0, 0.1) is 0 Å². The fraction of sp³-hybridized carbons (Fsp3) is 0.391. The summed E-state index contributed by atoms with van der Waals surface area (Å²) in [5.74, 6) is -0.925. The minimum atomic E-state index is -1.08. The monoisotopic (exact) mass is 408 g/mol. The SMILES string of the molecule is Bc1ccc(C(=O)O)c(NC(=O)c2cc(N3CCCCC3)ccc2OCCCC)c1. The predicted molar refractivity (Wildman–Crippen MR) is 122 cm³/mol. The first-order valence-corrected chi connectivity index (χ1v) is 10.7. The van der Waals surface area contributed by atoms with Crippen molar-refractivity contribution in [3.63, 3.8) is 0 Å². The smallest absolute Gasteiger partial charge is 0.337 e. The molecule has 2 aromatic carbocycles. The molecule has 2 N–H and O–H groups in total. The van der Waals surface area contributed by atoms with Crippen molar-refractivity contribution in [3.05, 3.63) is 47.5 Å². The van der Waals surface area contributed by atoms with E-state index < -0.39 is 5.97 Å². The number of carbonyl (C=O) groups is 2. The highest BCUT2D eigenvalue weighted by Gasteiger charge is 2.20. The van der Waals surface area contributed by atoms with Crippen molar-refractivity contribution in [1.82, 2.24) is 0 Å². The van der Waals surface area contributed by atoms with Crippen LogP contribution in [0.2, 0.25) is 0 Å². The number of benzene rings is 2. The van der Waals surface area contributed by atoms with Crippen LogP contribution in [0.25, 0.3) is 0 Å². The van der Waals surface area contributed by atoms with Crippen LogP contribution in [-0.4, -0.2) is 44.5 Å². The molecule has 2 aromatic rings. The molecule has 0 spiro atoms. The molecule has 6 nitrogen and oxygen atoms in total. The molecule has 30 heavy (non-hydrogen) atoms. The van der Waals surface area contributed by atoms with Gasteiger partial charge in [-0.3, -0.25) is 4.79 Å². The average molecular weight is 408 g/mol. The Balaban J connectivity index is 1.91. The first-order valence-electron chi connectivity index (χ1n) is 10.7. The maximum Gasteiger partial charge on any atom is 0.337 e. The molecule has 0 aliphatic carbocycles. The Morgan fingerprint density at radius 1 is 1.10 bits per heavy atom. The second-order valence-electron chi connectivity index (χ2n) is 7.74. The Morgan fingerprint density at radius 3 is 2.57 bits per heavy atom. The first kappa shape index (κ1) is 21.7. The molecule has 1 amide bonds. The minimum Gasteiger partial charge on any atom is -0.493 e. The molecule has 1 fully saturated rings. The zero-order valence-electron chi connectivity index (χ0n) is 17.7. The number of ether oxygens (including phenoxy) is 1. The number of amides is 1. The summed E-state index contributed by atoms with van der Waals surface area (Å²) < 4.78 is 5.88. The molecule has 1 heterocycles. The van der Waals surface area contributed by atoms with Crippen molar-refractivity contribution in [1.29, 1.82) is 0 Å². The van der Waals surface area contributed by atoms with Gasteiger partial charge in [0.15, 0.2) is 0 Å². The Bertz CT molecular complexity index is 910. The van der Waals surface area contributed by atoms with Gasteiger partial charge in [0.1, 0.15) is 13.6 Å². The van der Waals surface area contributed by atoms with Gasteiger partial charge in [-0.1, -0.05) is 24.9 Å². The number of piperidine rings is 1. The standard InChI is InChI=1S/C23H29BN2O4/c1-2-3-13-30-21-10-8-17(26-11-5-4-6-12-26)15-19(21)22(27)25-20-14-16(24)7-9-18(20)23(28)29/h7-10,14-15H,2-6,11-13,24H2,1H3,(H,25,27)(H,28,29). The van der Waals surface area contributed by atoms with Gasteiger partial charge in [0.25, 0.3) is 5.91 Å². The van der Waals surface area contributed by atoms with Gasteiger partial charge < -0.3 is 20.1 Å². The van der Waals surface area contributed by atoms with E-state index in [0.717, 1.165) is 49.9 Å².